The van der Waals surface area contributed by atoms with Crippen molar-refractivity contribution < 1.29 is 19.0 Å². The Kier molecular flexibility index (Phi) is 4.02. The maximum atomic E-state index is 10.6. The summed E-state index contributed by atoms with van der Waals surface area (Å²) in [7, 11) is 1.60. The first-order chi connectivity index (χ1) is 10.7. The second-order valence-corrected chi connectivity index (χ2v) is 4.96. The van der Waals surface area contributed by atoms with Gasteiger partial charge in [0.15, 0.2) is 11.5 Å². The van der Waals surface area contributed by atoms with Gasteiger partial charge in [-0.2, -0.15) is 0 Å². The number of rotatable bonds is 5. The molecule has 1 atom stereocenters. The molecule has 4 nitrogen and oxygen atoms in total. The van der Waals surface area contributed by atoms with Crippen LogP contribution in [0.3, 0.4) is 0 Å². The molecule has 22 heavy (non-hydrogen) atoms. The molecule has 0 fully saturated rings. The summed E-state index contributed by atoms with van der Waals surface area (Å²) in [5, 5.41) is 11.6. The van der Waals surface area contributed by atoms with Crippen LogP contribution in [0.15, 0.2) is 53.1 Å². The van der Waals surface area contributed by atoms with E-state index in [-0.39, 0.29) is 0 Å². The number of methoxy groups -OCH3 is 1. The summed E-state index contributed by atoms with van der Waals surface area (Å²) in [5.41, 5.74) is 2.37. The Hall–Kier alpha value is -2.46. The highest BCUT2D eigenvalue weighted by Gasteiger charge is 2.14. The van der Waals surface area contributed by atoms with Crippen LogP contribution in [0.25, 0.3) is 11.0 Å². The number of fused-ring (bicyclic) bond motifs is 1. The average Bonchev–Trinajstić information content (AvgIpc) is 3.02. The molecule has 1 aromatic heterocycles. The largest absolute Gasteiger partial charge is 0.493 e. The first-order valence-electron chi connectivity index (χ1n) is 7.19. The lowest BCUT2D eigenvalue weighted by Crippen LogP contribution is -2.02. The molecule has 0 unspecified atom stereocenters. The van der Waals surface area contributed by atoms with Gasteiger partial charge in [0.2, 0.25) is 0 Å². The summed E-state index contributed by atoms with van der Waals surface area (Å²) in [6.07, 6.45) is 0.908. The van der Waals surface area contributed by atoms with Crippen LogP contribution in [-0.4, -0.2) is 18.8 Å². The van der Waals surface area contributed by atoms with Crippen molar-refractivity contribution in [3.05, 3.63) is 59.9 Å². The summed E-state index contributed by atoms with van der Waals surface area (Å²) in [6.45, 7) is 2.45. The molecule has 0 saturated carbocycles. The number of benzene rings is 2. The summed E-state index contributed by atoms with van der Waals surface area (Å²) >= 11 is 0. The minimum Gasteiger partial charge on any atom is -0.493 e. The van der Waals surface area contributed by atoms with E-state index in [2.05, 4.69) is 0 Å². The molecule has 0 radical (unpaired) electrons. The zero-order valence-corrected chi connectivity index (χ0v) is 12.6. The minimum absolute atomic E-state index is 0.539. The van der Waals surface area contributed by atoms with Crippen molar-refractivity contribution in [3.63, 3.8) is 0 Å². The number of furan rings is 1. The molecule has 0 spiro atoms. The van der Waals surface area contributed by atoms with E-state index in [0.717, 1.165) is 22.1 Å². The van der Waals surface area contributed by atoms with E-state index in [4.69, 9.17) is 13.9 Å². The van der Waals surface area contributed by atoms with Gasteiger partial charge in [-0.15, -0.1) is 0 Å². The van der Waals surface area contributed by atoms with Gasteiger partial charge in [0, 0.05) is 5.39 Å². The van der Waals surface area contributed by atoms with Gasteiger partial charge in [-0.1, -0.05) is 12.1 Å². The van der Waals surface area contributed by atoms with E-state index in [1.807, 2.05) is 43.3 Å². The van der Waals surface area contributed by atoms with Crippen molar-refractivity contribution in [2.75, 3.05) is 13.7 Å². The Labute approximate surface area is 128 Å². The summed E-state index contributed by atoms with van der Waals surface area (Å²) < 4.78 is 16.1. The number of hydrogen-bond donors (Lipinski definition) is 1. The third kappa shape index (κ3) is 2.65. The molecular formula is C18H18O4. The van der Waals surface area contributed by atoms with Gasteiger partial charge in [-0.3, -0.25) is 0 Å². The Morgan fingerprint density at radius 2 is 1.82 bits per heavy atom. The van der Waals surface area contributed by atoms with Crippen LogP contribution in [0.5, 0.6) is 11.5 Å². The van der Waals surface area contributed by atoms with Crippen LogP contribution in [-0.2, 0) is 0 Å². The van der Waals surface area contributed by atoms with Crippen LogP contribution in [0.4, 0.5) is 0 Å². The van der Waals surface area contributed by atoms with Gasteiger partial charge >= 0.3 is 0 Å². The molecule has 0 amide bonds. The molecule has 0 aliphatic rings. The van der Waals surface area contributed by atoms with Gasteiger partial charge in [0.1, 0.15) is 11.7 Å². The molecule has 3 aromatic rings. The predicted octanol–water partition coefficient (Wildman–Crippen LogP) is 3.92. The van der Waals surface area contributed by atoms with Crippen molar-refractivity contribution in [2.45, 2.75) is 13.0 Å². The molecule has 1 heterocycles. The molecule has 0 aliphatic heterocycles. The average molecular weight is 298 g/mol. The lowest BCUT2D eigenvalue weighted by Gasteiger charge is -2.15. The molecule has 0 aliphatic carbocycles. The third-order valence-electron chi connectivity index (χ3n) is 3.60. The first kappa shape index (κ1) is 14.5. The second kappa shape index (κ2) is 6.12. The number of ether oxygens (including phenoxy) is 2. The number of aliphatic hydroxyl groups is 1. The van der Waals surface area contributed by atoms with Gasteiger partial charge < -0.3 is 19.0 Å². The second-order valence-electron chi connectivity index (χ2n) is 4.96. The van der Waals surface area contributed by atoms with E-state index in [1.54, 1.807) is 19.4 Å². The zero-order valence-electron chi connectivity index (χ0n) is 12.6. The molecule has 4 heteroatoms. The molecule has 114 valence electrons. The monoisotopic (exact) mass is 298 g/mol. The summed E-state index contributed by atoms with van der Waals surface area (Å²) in [4.78, 5) is 0. The lowest BCUT2D eigenvalue weighted by molar-refractivity contribution is 0.219. The number of aliphatic hydroxyl groups excluding tert-OH is 1. The van der Waals surface area contributed by atoms with Gasteiger partial charge in [-0.25, -0.2) is 0 Å². The fraction of sp³-hybridized carbons (Fsp3) is 0.222. The van der Waals surface area contributed by atoms with E-state index < -0.39 is 6.10 Å². The predicted molar refractivity (Wildman–Crippen MR) is 84.4 cm³/mol. The number of hydrogen-bond acceptors (Lipinski definition) is 4. The molecular weight excluding hydrogens is 280 g/mol. The molecule has 1 N–H and O–H groups in total. The Morgan fingerprint density at radius 1 is 1.05 bits per heavy atom. The van der Waals surface area contributed by atoms with Crippen LogP contribution < -0.4 is 9.47 Å². The van der Waals surface area contributed by atoms with Gasteiger partial charge in [0.05, 0.1) is 20.0 Å². The SMILES string of the molecule is CCOc1cc([C@@H](O)c2ccc3occc3c2)ccc1OC. The van der Waals surface area contributed by atoms with E-state index in [1.165, 1.54) is 0 Å². The normalized spacial score (nSPS) is 12.3. The van der Waals surface area contributed by atoms with Gasteiger partial charge in [-0.05, 0) is 48.4 Å². The van der Waals surface area contributed by atoms with Crippen LogP contribution in [0, 0.1) is 0 Å². The minimum atomic E-state index is -0.732. The Balaban J connectivity index is 1.96. The van der Waals surface area contributed by atoms with Crippen LogP contribution in [0.1, 0.15) is 24.2 Å². The summed E-state index contributed by atoms with van der Waals surface area (Å²) in [6, 6.07) is 13.0. The van der Waals surface area contributed by atoms with Crippen molar-refractivity contribution in [3.8, 4) is 11.5 Å². The van der Waals surface area contributed by atoms with E-state index in [9.17, 15) is 5.11 Å². The van der Waals surface area contributed by atoms with E-state index >= 15 is 0 Å². The Bertz CT molecular complexity index is 776. The molecule has 0 bridgehead atoms. The molecule has 2 aromatic carbocycles. The highest BCUT2D eigenvalue weighted by Crippen LogP contribution is 2.33. The smallest absolute Gasteiger partial charge is 0.161 e. The standard InChI is InChI=1S/C18H18O4/c1-3-21-17-11-14(5-7-16(17)20-2)18(19)13-4-6-15-12(10-13)8-9-22-15/h4-11,18-19H,3H2,1-2H3/t18-/m0/s1. The fourth-order valence-electron chi connectivity index (χ4n) is 2.48. The van der Waals surface area contributed by atoms with Crippen molar-refractivity contribution in [2.24, 2.45) is 0 Å². The highest BCUT2D eigenvalue weighted by atomic mass is 16.5. The fourth-order valence-corrected chi connectivity index (χ4v) is 2.48. The van der Waals surface area contributed by atoms with Crippen LogP contribution >= 0.6 is 0 Å². The maximum Gasteiger partial charge on any atom is 0.161 e. The maximum absolute atomic E-state index is 10.6. The highest BCUT2D eigenvalue weighted by molar-refractivity contribution is 5.78. The first-order valence-corrected chi connectivity index (χ1v) is 7.19. The van der Waals surface area contributed by atoms with Crippen molar-refractivity contribution in [1.82, 2.24) is 0 Å². The third-order valence-corrected chi connectivity index (χ3v) is 3.60. The van der Waals surface area contributed by atoms with Crippen molar-refractivity contribution in [1.29, 1.82) is 0 Å². The quantitative estimate of drug-likeness (QED) is 0.775. The molecule has 3 rings (SSSR count). The summed E-state index contributed by atoms with van der Waals surface area (Å²) in [5.74, 6) is 1.29. The molecule has 0 saturated heterocycles. The van der Waals surface area contributed by atoms with Crippen LogP contribution in [0.2, 0.25) is 0 Å². The Morgan fingerprint density at radius 3 is 2.59 bits per heavy atom. The van der Waals surface area contributed by atoms with Crippen molar-refractivity contribution >= 4 is 11.0 Å². The van der Waals surface area contributed by atoms with E-state index in [0.29, 0.717) is 18.1 Å². The zero-order chi connectivity index (χ0) is 15.5. The lowest BCUT2D eigenvalue weighted by atomic mass is 10.00. The van der Waals surface area contributed by atoms with Gasteiger partial charge in [0.25, 0.3) is 0 Å². The topological polar surface area (TPSA) is 51.8 Å².